The fourth-order valence-electron chi connectivity index (χ4n) is 0.925. The Morgan fingerprint density at radius 1 is 1.25 bits per heavy atom. The molecular formula is C10H17O5P. The summed E-state index contributed by atoms with van der Waals surface area (Å²) in [5.74, 6) is -0.740. The first-order valence-electron chi connectivity index (χ1n) is 4.74. The molecule has 0 atom stereocenters. The van der Waals surface area contributed by atoms with E-state index >= 15 is 0 Å². The maximum absolute atomic E-state index is 12.0. The zero-order chi connectivity index (χ0) is 12.8. The fraction of sp³-hybridized carbons (Fsp3) is 0.600. The highest BCUT2D eigenvalue weighted by atomic mass is 31.2. The molecular weight excluding hydrogens is 231 g/mol. The summed E-state index contributed by atoms with van der Waals surface area (Å²) >= 11 is 0. The van der Waals surface area contributed by atoms with Gasteiger partial charge in [-0.05, 0) is 26.3 Å². The van der Waals surface area contributed by atoms with Gasteiger partial charge in [0.25, 0.3) is 0 Å². The van der Waals surface area contributed by atoms with Crippen molar-refractivity contribution < 1.29 is 23.1 Å². The van der Waals surface area contributed by atoms with Gasteiger partial charge in [0.15, 0.2) is 5.31 Å². The van der Waals surface area contributed by atoms with Gasteiger partial charge in [-0.3, -0.25) is 4.57 Å². The molecule has 0 unspecified atom stereocenters. The summed E-state index contributed by atoms with van der Waals surface area (Å²) < 4.78 is 26.3. The van der Waals surface area contributed by atoms with Gasteiger partial charge in [-0.25, -0.2) is 4.79 Å². The van der Waals surface area contributed by atoms with E-state index in [4.69, 9.17) is 13.8 Å². The van der Waals surface area contributed by atoms with Crippen LogP contribution in [0.2, 0.25) is 0 Å². The molecule has 0 spiro atoms. The van der Waals surface area contributed by atoms with Crippen LogP contribution in [0.5, 0.6) is 0 Å². The van der Waals surface area contributed by atoms with Crippen molar-refractivity contribution in [3.63, 3.8) is 0 Å². The summed E-state index contributed by atoms with van der Waals surface area (Å²) in [6.07, 6.45) is 0. The Morgan fingerprint density at radius 3 is 2.06 bits per heavy atom. The number of ether oxygens (including phenoxy) is 1. The summed E-state index contributed by atoms with van der Waals surface area (Å²) in [6.45, 7) is 5.27. The van der Waals surface area contributed by atoms with E-state index in [2.05, 4.69) is 5.73 Å². The van der Waals surface area contributed by atoms with Crippen molar-refractivity contribution in [1.29, 1.82) is 0 Å². The topological polar surface area (TPSA) is 61.8 Å². The third-order valence-corrected chi connectivity index (χ3v) is 3.40. The van der Waals surface area contributed by atoms with Crippen LogP contribution in [0.1, 0.15) is 20.8 Å². The van der Waals surface area contributed by atoms with Crippen LogP contribution in [0.25, 0.3) is 0 Å². The molecule has 0 aromatic heterocycles. The molecule has 0 radical (unpaired) electrons. The molecule has 0 aliphatic heterocycles. The first-order valence-corrected chi connectivity index (χ1v) is 6.28. The second-order valence-electron chi connectivity index (χ2n) is 3.06. The molecule has 0 aliphatic rings. The van der Waals surface area contributed by atoms with Gasteiger partial charge in [-0.2, -0.15) is 0 Å². The Balaban J connectivity index is 5.54. The van der Waals surface area contributed by atoms with Crippen LogP contribution in [-0.2, 0) is 23.1 Å². The van der Waals surface area contributed by atoms with Gasteiger partial charge in [0.1, 0.15) is 0 Å². The second-order valence-corrected chi connectivity index (χ2v) is 5.23. The molecule has 0 aliphatic carbocycles. The van der Waals surface area contributed by atoms with E-state index in [1.54, 1.807) is 20.8 Å². The van der Waals surface area contributed by atoms with Crippen LogP contribution in [0.3, 0.4) is 0 Å². The zero-order valence-electron chi connectivity index (χ0n) is 10.2. The van der Waals surface area contributed by atoms with Gasteiger partial charge in [0.05, 0.1) is 6.61 Å². The maximum Gasteiger partial charge on any atom is 0.375 e. The molecule has 0 aromatic carbocycles. The largest absolute Gasteiger partial charge is 0.462 e. The van der Waals surface area contributed by atoms with Gasteiger partial charge in [0, 0.05) is 14.2 Å². The standard InChI is InChI=1S/C10H17O5P/c1-6-15-10(11)9(7-8(2)3)16(12,13-4)14-5/h6H2,1-5H3. The molecule has 0 amide bonds. The number of rotatable bonds is 5. The van der Waals surface area contributed by atoms with Crippen LogP contribution in [0, 0.1) is 0 Å². The number of carbonyl (C=O) groups excluding carboxylic acids is 1. The minimum absolute atomic E-state index is 0.181. The average Bonchev–Trinajstić information content (AvgIpc) is 2.25. The zero-order valence-corrected chi connectivity index (χ0v) is 11.1. The van der Waals surface area contributed by atoms with E-state index in [1.807, 2.05) is 0 Å². The minimum atomic E-state index is -3.62. The lowest BCUT2D eigenvalue weighted by Crippen LogP contribution is -2.09. The molecule has 0 saturated heterocycles. The lowest BCUT2D eigenvalue weighted by atomic mass is 10.4. The Morgan fingerprint density at radius 2 is 1.75 bits per heavy atom. The molecule has 0 saturated carbocycles. The average molecular weight is 248 g/mol. The van der Waals surface area contributed by atoms with Crippen LogP contribution in [-0.4, -0.2) is 26.8 Å². The van der Waals surface area contributed by atoms with Crippen molar-refractivity contribution in [3.8, 4) is 0 Å². The number of hydrogen-bond donors (Lipinski definition) is 0. The lowest BCUT2D eigenvalue weighted by Gasteiger charge is -2.14. The normalized spacial score (nSPS) is 10.6. The van der Waals surface area contributed by atoms with Gasteiger partial charge in [-0.1, -0.05) is 5.73 Å². The van der Waals surface area contributed by atoms with Gasteiger partial charge in [0.2, 0.25) is 0 Å². The Hall–Kier alpha value is -0.860. The molecule has 0 aromatic rings. The van der Waals surface area contributed by atoms with Crippen LogP contribution < -0.4 is 0 Å². The predicted molar refractivity (Wildman–Crippen MR) is 60.1 cm³/mol. The smallest absolute Gasteiger partial charge is 0.375 e. The van der Waals surface area contributed by atoms with Gasteiger partial charge >= 0.3 is 13.6 Å². The number of esters is 1. The summed E-state index contributed by atoms with van der Waals surface area (Å²) in [7, 11) is -1.21. The van der Waals surface area contributed by atoms with E-state index in [9.17, 15) is 9.36 Å². The first kappa shape index (κ1) is 15.1. The van der Waals surface area contributed by atoms with Gasteiger partial charge in [-0.15, -0.1) is 0 Å². The van der Waals surface area contributed by atoms with Crippen LogP contribution in [0.15, 0.2) is 16.6 Å². The third kappa shape index (κ3) is 3.95. The van der Waals surface area contributed by atoms with E-state index in [-0.39, 0.29) is 11.9 Å². The van der Waals surface area contributed by atoms with Crippen molar-refractivity contribution in [3.05, 3.63) is 16.6 Å². The number of hydrogen-bond acceptors (Lipinski definition) is 5. The molecule has 6 heteroatoms. The van der Waals surface area contributed by atoms with E-state index in [0.717, 1.165) is 0 Å². The van der Waals surface area contributed by atoms with Gasteiger partial charge < -0.3 is 13.8 Å². The van der Waals surface area contributed by atoms with Crippen molar-refractivity contribution in [2.24, 2.45) is 0 Å². The van der Waals surface area contributed by atoms with Crippen molar-refractivity contribution in [2.45, 2.75) is 20.8 Å². The second kappa shape index (κ2) is 6.66. The van der Waals surface area contributed by atoms with Crippen LogP contribution in [0.4, 0.5) is 0 Å². The van der Waals surface area contributed by atoms with Crippen LogP contribution >= 0.6 is 7.60 Å². The first-order chi connectivity index (χ1) is 7.41. The summed E-state index contributed by atoms with van der Waals surface area (Å²) in [6, 6.07) is 0. The quantitative estimate of drug-likeness (QED) is 0.324. The van der Waals surface area contributed by atoms with E-state index in [0.29, 0.717) is 5.57 Å². The summed E-state index contributed by atoms with van der Waals surface area (Å²) in [4.78, 5) is 11.6. The van der Waals surface area contributed by atoms with Crippen molar-refractivity contribution in [1.82, 2.24) is 0 Å². The molecule has 0 rings (SSSR count). The Kier molecular flexibility index (Phi) is 6.31. The Labute approximate surface area is 95.6 Å². The molecule has 92 valence electrons. The van der Waals surface area contributed by atoms with Crippen molar-refractivity contribution >= 4 is 13.6 Å². The van der Waals surface area contributed by atoms with Crippen molar-refractivity contribution in [2.75, 3.05) is 20.8 Å². The molecule has 0 fully saturated rings. The summed E-state index contributed by atoms with van der Waals surface area (Å²) in [5, 5.41) is -0.209. The lowest BCUT2D eigenvalue weighted by molar-refractivity contribution is -0.137. The predicted octanol–water partition coefficient (Wildman–Crippen LogP) is 2.48. The molecule has 16 heavy (non-hydrogen) atoms. The minimum Gasteiger partial charge on any atom is -0.462 e. The highest BCUT2D eigenvalue weighted by Gasteiger charge is 2.34. The SMILES string of the molecule is CCOC(=O)C(=C=C(C)C)P(=O)(OC)OC. The maximum atomic E-state index is 12.0. The number of carbonyl (C=O) groups is 1. The summed E-state index contributed by atoms with van der Waals surface area (Å²) in [5.41, 5.74) is 3.33. The molecule has 0 bridgehead atoms. The van der Waals surface area contributed by atoms with E-state index in [1.165, 1.54) is 14.2 Å². The monoisotopic (exact) mass is 248 g/mol. The molecule has 0 heterocycles. The molecule has 0 N–H and O–H groups in total. The highest BCUT2D eigenvalue weighted by molar-refractivity contribution is 7.59. The highest BCUT2D eigenvalue weighted by Crippen LogP contribution is 2.54. The Bertz CT molecular complexity index is 353. The third-order valence-electron chi connectivity index (χ3n) is 1.59. The molecule has 5 nitrogen and oxygen atoms in total. The fourth-order valence-corrected chi connectivity index (χ4v) is 2.09. The van der Waals surface area contributed by atoms with E-state index < -0.39 is 13.6 Å².